The van der Waals surface area contributed by atoms with E-state index in [0.717, 1.165) is 12.1 Å². The van der Waals surface area contributed by atoms with Crippen LogP contribution in [-0.4, -0.2) is 66.3 Å². The average molecular weight is 556 g/mol. The molecule has 0 fully saturated rings. The highest BCUT2D eigenvalue weighted by atomic mass is 79.9. The van der Waals surface area contributed by atoms with Gasteiger partial charge in [-0.15, -0.1) is 5.10 Å². The molecule has 186 valence electrons. The Kier molecular flexibility index (Phi) is 8.92. The van der Waals surface area contributed by atoms with Gasteiger partial charge in [-0.2, -0.15) is 5.26 Å². The van der Waals surface area contributed by atoms with Crippen molar-refractivity contribution in [2.45, 2.75) is 44.3 Å². The van der Waals surface area contributed by atoms with Gasteiger partial charge >= 0.3 is 0 Å². The first kappa shape index (κ1) is 26.7. The predicted molar refractivity (Wildman–Crippen MR) is 119 cm³/mol. The summed E-state index contributed by atoms with van der Waals surface area (Å²) >= 11 is 3.27. The molecule has 0 saturated heterocycles. The maximum atomic E-state index is 13.6. The molecule has 2 aromatic heterocycles. The lowest BCUT2D eigenvalue weighted by atomic mass is 10.1. The van der Waals surface area contributed by atoms with Crippen LogP contribution in [-0.2, 0) is 17.7 Å². The van der Waals surface area contributed by atoms with Crippen LogP contribution in [0, 0.1) is 28.8 Å². The van der Waals surface area contributed by atoms with E-state index in [1.807, 2.05) is 6.07 Å². The highest BCUT2D eigenvalue weighted by Crippen LogP contribution is 2.23. The summed E-state index contributed by atoms with van der Waals surface area (Å²) in [6.45, 7) is 0.727. The quantitative estimate of drug-likeness (QED) is 0.323. The van der Waals surface area contributed by atoms with Crippen molar-refractivity contribution in [2.24, 2.45) is 0 Å². The fourth-order valence-corrected chi connectivity index (χ4v) is 3.67. The smallest absolute Gasteiger partial charge is 0.194 e. The van der Waals surface area contributed by atoms with Crippen molar-refractivity contribution in [1.29, 1.82) is 5.26 Å². The second-order valence-electron chi connectivity index (χ2n) is 7.75. The van der Waals surface area contributed by atoms with Crippen LogP contribution in [0.1, 0.15) is 18.2 Å². The van der Waals surface area contributed by atoms with Crippen molar-refractivity contribution < 1.29 is 33.2 Å². The predicted octanol–water partition coefficient (Wildman–Crippen LogP) is 2.12. The van der Waals surface area contributed by atoms with E-state index in [1.165, 1.54) is 24.0 Å². The van der Waals surface area contributed by atoms with E-state index in [-0.39, 0.29) is 24.2 Å². The summed E-state index contributed by atoms with van der Waals surface area (Å²) in [6, 6.07) is 5.11. The van der Waals surface area contributed by atoms with Gasteiger partial charge in [0.2, 0.25) is 0 Å². The zero-order valence-corrected chi connectivity index (χ0v) is 19.9. The van der Waals surface area contributed by atoms with Crippen molar-refractivity contribution in [2.75, 3.05) is 6.61 Å². The third-order valence-electron chi connectivity index (χ3n) is 5.13. The average Bonchev–Trinajstić information content (AvgIpc) is 3.28. The summed E-state index contributed by atoms with van der Waals surface area (Å²) < 4.78 is 47.8. The van der Waals surface area contributed by atoms with Gasteiger partial charge in [0.1, 0.15) is 24.0 Å². The molecule has 2 unspecified atom stereocenters. The van der Waals surface area contributed by atoms with E-state index in [1.54, 1.807) is 6.07 Å². The van der Waals surface area contributed by atoms with Gasteiger partial charge in [0, 0.05) is 28.3 Å². The Morgan fingerprint density at radius 2 is 1.86 bits per heavy atom. The molecule has 0 aliphatic rings. The molecule has 0 aliphatic carbocycles. The summed E-state index contributed by atoms with van der Waals surface area (Å²) in [6.07, 6.45) is -1.58. The SMILES string of the molecule is C[C@@H](O)C(CO)OC(Cc1cc(Br)c(C#N)cn1)[C@@H](O)Cn1cc(-c2cc(F)c(F)c(F)c2)nn1. The van der Waals surface area contributed by atoms with Crippen LogP contribution in [0.2, 0.25) is 0 Å². The van der Waals surface area contributed by atoms with Crippen LogP contribution < -0.4 is 0 Å². The molecule has 3 aromatic rings. The number of halogens is 4. The second-order valence-corrected chi connectivity index (χ2v) is 8.61. The number of pyridine rings is 1. The third-order valence-corrected chi connectivity index (χ3v) is 5.79. The number of hydrogen-bond acceptors (Lipinski definition) is 8. The zero-order valence-electron chi connectivity index (χ0n) is 18.3. The van der Waals surface area contributed by atoms with Crippen molar-refractivity contribution in [3.8, 4) is 17.3 Å². The first-order chi connectivity index (χ1) is 16.6. The molecule has 0 radical (unpaired) electrons. The van der Waals surface area contributed by atoms with E-state index in [9.17, 15) is 28.5 Å². The molecule has 0 aliphatic heterocycles. The number of aliphatic hydroxyl groups excluding tert-OH is 3. The number of benzene rings is 1. The highest BCUT2D eigenvalue weighted by Gasteiger charge is 2.28. The number of rotatable bonds is 10. The van der Waals surface area contributed by atoms with Crippen molar-refractivity contribution in [3.05, 3.63) is 63.8 Å². The molecule has 0 spiro atoms. The maximum Gasteiger partial charge on any atom is 0.194 e. The van der Waals surface area contributed by atoms with Crippen molar-refractivity contribution >= 4 is 15.9 Å². The fraction of sp³-hybridized carbons (Fsp3) is 0.364. The van der Waals surface area contributed by atoms with Gasteiger partial charge in [0.05, 0.1) is 37.1 Å². The lowest BCUT2D eigenvalue weighted by molar-refractivity contribution is -0.129. The van der Waals surface area contributed by atoms with Crippen molar-refractivity contribution in [1.82, 2.24) is 20.0 Å². The molecule has 4 atom stereocenters. The van der Waals surface area contributed by atoms with E-state index >= 15 is 0 Å². The molecule has 2 heterocycles. The number of aromatic nitrogens is 4. The lowest BCUT2D eigenvalue weighted by Crippen LogP contribution is -2.42. The first-order valence-electron chi connectivity index (χ1n) is 10.3. The summed E-state index contributed by atoms with van der Waals surface area (Å²) in [5.74, 6) is -4.36. The normalized spacial score (nSPS) is 14.8. The number of nitrogens with zero attached hydrogens (tertiary/aromatic N) is 5. The van der Waals surface area contributed by atoms with Crippen LogP contribution in [0.15, 0.2) is 35.1 Å². The Bertz CT molecular complexity index is 1200. The van der Waals surface area contributed by atoms with Gasteiger partial charge in [0.25, 0.3) is 0 Å². The van der Waals surface area contributed by atoms with E-state index in [2.05, 4.69) is 31.2 Å². The maximum absolute atomic E-state index is 13.6. The van der Waals surface area contributed by atoms with Gasteiger partial charge in [-0.1, -0.05) is 5.21 Å². The Labute approximate surface area is 206 Å². The number of hydrogen-bond donors (Lipinski definition) is 3. The number of aliphatic hydroxyl groups is 3. The monoisotopic (exact) mass is 555 g/mol. The summed E-state index contributed by atoms with van der Waals surface area (Å²) in [5.41, 5.74) is 0.768. The van der Waals surface area contributed by atoms with E-state index < -0.39 is 48.5 Å². The minimum absolute atomic E-state index is 0.0439. The van der Waals surface area contributed by atoms with Crippen LogP contribution in [0.5, 0.6) is 0 Å². The minimum Gasteiger partial charge on any atom is -0.394 e. The molecular weight excluding hydrogens is 535 g/mol. The molecule has 3 rings (SSSR count). The molecular formula is C22H21BrF3N5O4. The largest absolute Gasteiger partial charge is 0.394 e. The van der Waals surface area contributed by atoms with Gasteiger partial charge < -0.3 is 20.1 Å². The Morgan fingerprint density at radius 3 is 2.43 bits per heavy atom. The van der Waals surface area contributed by atoms with Crippen molar-refractivity contribution in [3.63, 3.8) is 0 Å². The van der Waals surface area contributed by atoms with Crippen LogP contribution in [0.3, 0.4) is 0 Å². The zero-order chi connectivity index (χ0) is 25.7. The summed E-state index contributed by atoms with van der Waals surface area (Å²) in [4.78, 5) is 4.18. The topological polar surface area (TPSA) is 137 Å². The molecule has 0 bridgehead atoms. The molecule has 9 nitrogen and oxygen atoms in total. The van der Waals surface area contributed by atoms with Gasteiger partial charge in [0.15, 0.2) is 17.5 Å². The van der Waals surface area contributed by atoms with Gasteiger partial charge in [-0.05, 0) is 41.1 Å². The molecule has 0 amide bonds. The lowest BCUT2D eigenvalue weighted by Gasteiger charge is -2.28. The van der Waals surface area contributed by atoms with Crippen LogP contribution in [0.4, 0.5) is 13.2 Å². The standard InChI is InChI=1S/C22H21BrF3N5O4/c1-11(33)21(10-32)35-20(5-14-4-15(23)13(6-27)7-28-14)19(34)9-31-8-18(29-30-31)12-2-16(24)22(26)17(25)3-12/h2-4,7-8,11,19-21,32-34H,5,9-10H2,1H3/t11-,19+,20?,21?/m1/s1. The number of ether oxygens (including phenoxy) is 1. The minimum atomic E-state index is -1.60. The van der Waals surface area contributed by atoms with E-state index in [0.29, 0.717) is 15.7 Å². The highest BCUT2D eigenvalue weighted by molar-refractivity contribution is 9.10. The van der Waals surface area contributed by atoms with Gasteiger partial charge in [-0.25, -0.2) is 17.9 Å². The van der Waals surface area contributed by atoms with Crippen LogP contribution in [0.25, 0.3) is 11.3 Å². The van der Waals surface area contributed by atoms with E-state index in [4.69, 9.17) is 10.00 Å². The summed E-state index contributed by atoms with van der Waals surface area (Å²) in [7, 11) is 0. The summed E-state index contributed by atoms with van der Waals surface area (Å²) in [5, 5.41) is 47.0. The molecule has 3 N–H and O–H groups in total. The van der Waals surface area contributed by atoms with Crippen LogP contribution >= 0.6 is 15.9 Å². The fourth-order valence-electron chi connectivity index (χ4n) is 3.21. The molecule has 0 saturated carbocycles. The third kappa shape index (κ3) is 6.62. The Morgan fingerprint density at radius 1 is 1.17 bits per heavy atom. The second kappa shape index (κ2) is 11.7. The molecule has 35 heavy (non-hydrogen) atoms. The number of nitriles is 1. The Hall–Kier alpha value is -2.89. The molecule has 13 heteroatoms. The Balaban J connectivity index is 1.81. The van der Waals surface area contributed by atoms with Gasteiger partial charge in [-0.3, -0.25) is 4.98 Å². The molecule has 1 aromatic carbocycles. The first-order valence-corrected chi connectivity index (χ1v) is 11.1.